The van der Waals surface area contributed by atoms with E-state index in [1.165, 1.54) is 0 Å². The number of hydrogen-bond acceptors (Lipinski definition) is 2. The zero-order valence-corrected chi connectivity index (χ0v) is 12.2. The van der Waals surface area contributed by atoms with Crippen LogP contribution in [0.2, 0.25) is 5.02 Å². The minimum atomic E-state index is 0.701. The summed E-state index contributed by atoms with van der Waals surface area (Å²) in [4.78, 5) is 0. The van der Waals surface area contributed by atoms with Gasteiger partial charge < -0.3 is 10.1 Å². The summed E-state index contributed by atoms with van der Waals surface area (Å²) in [5.74, 6) is 0.934. The van der Waals surface area contributed by atoms with E-state index in [0.29, 0.717) is 6.54 Å². The Morgan fingerprint density at radius 1 is 1.11 bits per heavy atom. The molecule has 0 radical (unpaired) electrons. The molecule has 2 nitrogen and oxygen atoms in total. The Morgan fingerprint density at radius 2 is 1.84 bits per heavy atom. The van der Waals surface area contributed by atoms with E-state index in [-0.39, 0.29) is 0 Å². The molecular formula is C16H18ClNO. The highest BCUT2D eigenvalue weighted by Gasteiger charge is 2.08. The van der Waals surface area contributed by atoms with E-state index >= 15 is 0 Å². The van der Waals surface area contributed by atoms with Gasteiger partial charge in [0.25, 0.3) is 0 Å². The van der Waals surface area contributed by atoms with Crippen LogP contribution < -0.4 is 10.1 Å². The second-order valence-corrected chi connectivity index (χ2v) is 4.94. The molecule has 0 saturated heterocycles. The number of benzene rings is 2. The first-order chi connectivity index (χ1) is 9.13. The summed E-state index contributed by atoms with van der Waals surface area (Å²) in [6.07, 6.45) is 0. The van der Waals surface area contributed by atoms with Gasteiger partial charge >= 0.3 is 0 Å². The summed E-state index contributed by atoms with van der Waals surface area (Å²) in [6, 6.07) is 12.0. The van der Waals surface area contributed by atoms with E-state index in [1.54, 1.807) is 7.11 Å². The van der Waals surface area contributed by atoms with Crippen LogP contribution in [0.3, 0.4) is 0 Å². The number of hydrogen-bond donors (Lipinski definition) is 1. The zero-order valence-electron chi connectivity index (χ0n) is 11.5. The summed E-state index contributed by atoms with van der Waals surface area (Å²) >= 11 is 6.15. The molecule has 0 amide bonds. The van der Waals surface area contributed by atoms with Crippen molar-refractivity contribution in [1.82, 2.24) is 0 Å². The number of methoxy groups -OCH3 is 1. The van der Waals surface area contributed by atoms with Crippen molar-refractivity contribution in [2.45, 2.75) is 20.4 Å². The molecule has 0 heterocycles. The molecule has 0 aliphatic heterocycles. The first-order valence-corrected chi connectivity index (χ1v) is 6.62. The molecule has 0 atom stereocenters. The lowest BCUT2D eigenvalue weighted by molar-refractivity contribution is 0.409. The molecule has 0 aliphatic rings. The number of anilines is 1. The standard InChI is InChI=1S/C16H18ClNO/c1-11-8-9-15(12(2)16(11)19-3)18-10-13-6-4-5-7-14(13)17/h4-9,18H,10H2,1-3H3. The molecule has 100 valence electrons. The number of rotatable bonds is 4. The molecule has 19 heavy (non-hydrogen) atoms. The SMILES string of the molecule is COc1c(C)ccc(NCc2ccccc2Cl)c1C. The monoisotopic (exact) mass is 275 g/mol. The Labute approximate surface area is 119 Å². The lowest BCUT2D eigenvalue weighted by atomic mass is 10.1. The first-order valence-electron chi connectivity index (χ1n) is 6.25. The second-order valence-electron chi connectivity index (χ2n) is 4.53. The maximum atomic E-state index is 6.15. The fraction of sp³-hybridized carbons (Fsp3) is 0.250. The minimum Gasteiger partial charge on any atom is -0.496 e. The number of halogens is 1. The Kier molecular flexibility index (Phi) is 4.33. The van der Waals surface area contributed by atoms with Crippen LogP contribution in [0.15, 0.2) is 36.4 Å². The molecule has 0 aliphatic carbocycles. The third-order valence-electron chi connectivity index (χ3n) is 3.23. The fourth-order valence-electron chi connectivity index (χ4n) is 2.16. The van der Waals surface area contributed by atoms with Crippen molar-refractivity contribution >= 4 is 17.3 Å². The van der Waals surface area contributed by atoms with Crippen molar-refractivity contribution < 1.29 is 4.74 Å². The van der Waals surface area contributed by atoms with Crippen molar-refractivity contribution in [3.05, 3.63) is 58.1 Å². The van der Waals surface area contributed by atoms with Gasteiger partial charge in [0, 0.05) is 22.8 Å². The summed E-state index contributed by atoms with van der Waals surface area (Å²) < 4.78 is 5.43. The highest BCUT2D eigenvalue weighted by Crippen LogP contribution is 2.29. The Bertz CT molecular complexity index is 581. The lowest BCUT2D eigenvalue weighted by Gasteiger charge is -2.15. The maximum Gasteiger partial charge on any atom is 0.126 e. The number of aryl methyl sites for hydroxylation is 1. The van der Waals surface area contributed by atoms with Gasteiger partial charge in [0.2, 0.25) is 0 Å². The van der Waals surface area contributed by atoms with E-state index in [9.17, 15) is 0 Å². The van der Waals surface area contributed by atoms with Gasteiger partial charge in [-0.25, -0.2) is 0 Å². The van der Waals surface area contributed by atoms with Gasteiger partial charge in [0.05, 0.1) is 7.11 Å². The highest BCUT2D eigenvalue weighted by molar-refractivity contribution is 6.31. The molecule has 0 bridgehead atoms. The van der Waals surface area contributed by atoms with Crippen molar-refractivity contribution in [2.75, 3.05) is 12.4 Å². The minimum absolute atomic E-state index is 0.701. The summed E-state index contributed by atoms with van der Waals surface area (Å²) in [5, 5.41) is 4.19. The van der Waals surface area contributed by atoms with E-state index in [0.717, 1.165) is 33.1 Å². The van der Waals surface area contributed by atoms with Crippen molar-refractivity contribution in [2.24, 2.45) is 0 Å². The van der Waals surface area contributed by atoms with Crippen LogP contribution >= 0.6 is 11.6 Å². The van der Waals surface area contributed by atoms with Crippen molar-refractivity contribution in [3.63, 3.8) is 0 Å². The smallest absolute Gasteiger partial charge is 0.126 e. The van der Waals surface area contributed by atoms with Crippen molar-refractivity contribution in [1.29, 1.82) is 0 Å². The molecule has 2 aromatic carbocycles. The topological polar surface area (TPSA) is 21.3 Å². The molecule has 1 N–H and O–H groups in total. The lowest BCUT2D eigenvalue weighted by Crippen LogP contribution is -2.03. The van der Waals surface area contributed by atoms with Crippen LogP contribution in [0.25, 0.3) is 0 Å². The molecule has 0 aromatic heterocycles. The van der Waals surface area contributed by atoms with Gasteiger partial charge in [-0.1, -0.05) is 35.9 Å². The van der Waals surface area contributed by atoms with Crippen LogP contribution in [0.5, 0.6) is 5.75 Å². The van der Waals surface area contributed by atoms with E-state index in [1.807, 2.05) is 31.2 Å². The second kappa shape index (κ2) is 5.98. The van der Waals surface area contributed by atoms with Gasteiger partial charge in [0.1, 0.15) is 5.75 Å². The molecule has 0 unspecified atom stereocenters. The Morgan fingerprint density at radius 3 is 2.53 bits per heavy atom. The van der Waals surface area contributed by atoms with E-state index in [2.05, 4.69) is 24.4 Å². The summed E-state index contributed by atoms with van der Waals surface area (Å²) in [7, 11) is 1.70. The van der Waals surface area contributed by atoms with Crippen LogP contribution in [0, 0.1) is 13.8 Å². The number of nitrogens with one attached hydrogen (secondary N) is 1. The molecule has 0 spiro atoms. The largest absolute Gasteiger partial charge is 0.496 e. The average Bonchev–Trinajstić information content (AvgIpc) is 2.40. The average molecular weight is 276 g/mol. The van der Waals surface area contributed by atoms with Crippen LogP contribution in [-0.4, -0.2) is 7.11 Å². The first kappa shape index (κ1) is 13.8. The van der Waals surface area contributed by atoms with E-state index < -0.39 is 0 Å². The molecule has 0 fully saturated rings. The zero-order chi connectivity index (χ0) is 13.8. The predicted octanol–water partition coefficient (Wildman–Crippen LogP) is 4.58. The molecule has 2 rings (SSSR count). The molecule has 0 saturated carbocycles. The third kappa shape index (κ3) is 3.02. The molecule has 2 aromatic rings. The predicted molar refractivity (Wildman–Crippen MR) is 81.2 cm³/mol. The van der Waals surface area contributed by atoms with Gasteiger partial charge in [-0.3, -0.25) is 0 Å². The highest BCUT2D eigenvalue weighted by atomic mass is 35.5. The third-order valence-corrected chi connectivity index (χ3v) is 3.60. The van der Waals surface area contributed by atoms with Gasteiger partial charge in [-0.15, -0.1) is 0 Å². The van der Waals surface area contributed by atoms with Crippen LogP contribution in [0.1, 0.15) is 16.7 Å². The Hall–Kier alpha value is -1.67. The molecule has 3 heteroatoms. The number of ether oxygens (including phenoxy) is 1. The van der Waals surface area contributed by atoms with Crippen molar-refractivity contribution in [3.8, 4) is 5.75 Å². The quantitative estimate of drug-likeness (QED) is 0.882. The summed E-state index contributed by atoms with van der Waals surface area (Å²) in [6.45, 7) is 4.80. The van der Waals surface area contributed by atoms with E-state index in [4.69, 9.17) is 16.3 Å². The molecular weight excluding hydrogens is 258 g/mol. The van der Waals surface area contributed by atoms with Gasteiger partial charge in [0.15, 0.2) is 0 Å². The summed E-state index contributed by atoms with van der Waals surface area (Å²) in [5.41, 5.74) is 4.42. The Balaban J connectivity index is 2.19. The van der Waals surface area contributed by atoms with Crippen LogP contribution in [-0.2, 0) is 6.54 Å². The van der Waals surface area contributed by atoms with Gasteiger partial charge in [-0.2, -0.15) is 0 Å². The van der Waals surface area contributed by atoms with Gasteiger partial charge in [-0.05, 0) is 37.1 Å². The van der Waals surface area contributed by atoms with Crippen LogP contribution in [0.4, 0.5) is 5.69 Å². The fourth-order valence-corrected chi connectivity index (χ4v) is 2.37. The maximum absolute atomic E-state index is 6.15. The normalized spacial score (nSPS) is 10.3.